The number of rotatable bonds is 0. The Morgan fingerprint density at radius 3 is 2.64 bits per heavy atom. The summed E-state index contributed by atoms with van der Waals surface area (Å²) in [5, 5.41) is 1.04. The van der Waals surface area contributed by atoms with Gasteiger partial charge in [0, 0.05) is 23.2 Å². The molecule has 72 valence electrons. The Hall–Kier alpha value is -1.51. The van der Waals surface area contributed by atoms with Gasteiger partial charge in [0.25, 0.3) is 0 Å². The zero-order chi connectivity index (χ0) is 10.2. The molecule has 0 aliphatic heterocycles. The monoisotopic (exact) mass is 187 g/mol. The van der Waals surface area contributed by atoms with Crippen LogP contribution in [0, 0.1) is 0 Å². The quantitative estimate of drug-likeness (QED) is 0.635. The van der Waals surface area contributed by atoms with E-state index in [0.717, 1.165) is 16.6 Å². The predicted molar refractivity (Wildman–Crippen MR) is 56.0 cm³/mol. The van der Waals surface area contributed by atoms with E-state index in [-0.39, 0.29) is 5.41 Å². The minimum atomic E-state index is 0.0320. The Labute approximate surface area is 83.2 Å². The van der Waals surface area contributed by atoms with E-state index in [1.807, 2.05) is 12.3 Å². The second-order valence-electron chi connectivity index (χ2n) is 4.37. The molecule has 0 aliphatic carbocycles. The molecule has 0 aliphatic rings. The number of hydrogen-bond donors (Lipinski definition) is 0. The minimum absolute atomic E-state index is 0.0320. The van der Waals surface area contributed by atoms with E-state index in [9.17, 15) is 0 Å². The summed E-state index contributed by atoms with van der Waals surface area (Å²) in [6.45, 7) is 6.42. The van der Waals surface area contributed by atoms with Gasteiger partial charge in [-0.1, -0.05) is 20.8 Å². The smallest absolute Gasteiger partial charge is 0.116 e. The van der Waals surface area contributed by atoms with Crippen LogP contribution < -0.4 is 0 Å². The van der Waals surface area contributed by atoms with Gasteiger partial charge in [0.05, 0.1) is 11.2 Å². The van der Waals surface area contributed by atoms with Crippen LogP contribution in [0.25, 0.3) is 10.9 Å². The van der Waals surface area contributed by atoms with Crippen molar-refractivity contribution in [2.45, 2.75) is 26.2 Å². The Kier molecular flexibility index (Phi) is 1.95. The van der Waals surface area contributed by atoms with Crippen molar-refractivity contribution in [1.29, 1.82) is 0 Å². The molecule has 0 spiro atoms. The molecule has 0 atom stereocenters. The van der Waals surface area contributed by atoms with Gasteiger partial charge < -0.3 is 0 Å². The van der Waals surface area contributed by atoms with Gasteiger partial charge in [-0.05, 0) is 6.07 Å². The molecule has 0 saturated carbocycles. The second-order valence-corrected chi connectivity index (χ2v) is 4.37. The van der Waals surface area contributed by atoms with E-state index in [4.69, 9.17) is 0 Å². The van der Waals surface area contributed by atoms with Crippen molar-refractivity contribution in [3.63, 3.8) is 0 Å². The van der Waals surface area contributed by atoms with E-state index in [1.165, 1.54) is 0 Å². The summed E-state index contributed by atoms with van der Waals surface area (Å²) in [5.41, 5.74) is 2.04. The third kappa shape index (κ3) is 1.45. The fraction of sp³-hybridized carbons (Fsp3) is 0.364. The van der Waals surface area contributed by atoms with E-state index in [0.29, 0.717) is 0 Å². The number of aromatic nitrogens is 3. The second kappa shape index (κ2) is 3.01. The average Bonchev–Trinajstić information content (AvgIpc) is 2.15. The molecule has 3 nitrogen and oxygen atoms in total. The first-order valence-corrected chi connectivity index (χ1v) is 4.64. The molecule has 0 fully saturated rings. The summed E-state index contributed by atoms with van der Waals surface area (Å²) in [7, 11) is 0. The number of nitrogens with zero attached hydrogens (tertiary/aromatic N) is 3. The molecule has 0 radical (unpaired) electrons. The van der Waals surface area contributed by atoms with Crippen molar-refractivity contribution in [2.75, 3.05) is 0 Å². The molecule has 3 heteroatoms. The van der Waals surface area contributed by atoms with Gasteiger partial charge in [0.2, 0.25) is 0 Å². The summed E-state index contributed by atoms with van der Waals surface area (Å²) in [6, 6.07) is 1.91. The first kappa shape index (κ1) is 9.06. The Bertz CT molecular complexity index is 452. The van der Waals surface area contributed by atoms with Crippen LogP contribution >= 0.6 is 0 Å². The molecular formula is C11H13N3. The molecule has 0 bridgehead atoms. The summed E-state index contributed by atoms with van der Waals surface area (Å²) in [4.78, 5) is 12.6. The van der Waals surface area contributed by atoms with Gasteiger partial charge in [-0.15, -0.1) is 0 Å². The first-order chi connectivity index (χ1) is 6.59. The molecule has 0 amide bonds. The largest absolute Gasteiger partial charge is 0.264 e. The SMILES string of the molecule is CC(C)(C)c1ncnc2ccncc12. The molecule has 2 rings (SSSR count). The lowest BCUT2D eigenvalue weighted by atomic mass is 9.90. The fourth-order valence-corrected chi connectivity index (χ4v) is 1.50. The normalized spacial score (nSPS) is 11.9. The van der Waals surface area contributed by atoms with Crippen molar-refractivity contribution in [3.05, 3.63) is 30.5 Å². The summed E-state index contributed by atoms with van der Waals surface area (Å²) >= 11 is 0. The summed E-state index contributed by atoms with van der Waals surface area (Å²) in [6.07, 6.45) is 5.20. The van der Waals surface area contributed by atoms with Crippen LogP contribution in [-0.4, -0.2) is 15.0 Å². The third-order valence-electron chi connectivity index (χ3n) is 2.15. The molecule has 0 aromatic carbocycles. The summed E-state index contributed by atoms with van der Waals surface area (Å²) in [5.74, 6) is 0. The van der Waals surface area contributed by atoms with Gasteiger partial charge >= 0.3 is 0 Å². The average molecular weight is 187 g/mol. The van der Waals surface area contributed by atoms with Crippen molar-refractivity contribution < 1.29 is 0 Å². The highest BCUT2D eigenvalue weighted by molar-refractivity contribution is 5.80. The van der Waals surface area contributed by atoms with Gasteiger partial charge in [-0.2, -0.15) is 0 Å². The Balaban J connectivity index is 2.78. The first-order valence-electron chi connectivity index (χ1n) is 4.64. The van der Waals surface area contributed by atoms with Gasteiger partial charge in [-0.25, -0.2) is 9.97 Å². The van der Waals surface area contributed by atoms with Crippen LogP contribution in [0.15, 0.2) is 24.8 Å². The maximum atomic E-state index is 4.33. The van der Waals surface area contributed by atoms with Crippen LogP contribution in [0.4, 0.5) is 0 Å². The van der Waals surface area contributed by atoms with Crippen molar-refractivity contribution >= 4 is 10.9 Å². The van der Waals surface area contributed by atoms with Crippen LogP contribution in [0.2, 0.25) is 0 Å². The number of fused-ring (bicyclic) bond motifs is 1. The highest BCUT2D eigenvalue weighted by atomic mass is 14.8. The van der Waals surface area contributed by atoms with Crippen molar-refractivity contribution in [1.82, 2.24) is 15.0 Å². The maximum absolute atomic E-state index is 4.33. The van der Waals surface area contributed by atoms with E-state index < -0.39 is 0 Å². The zero-order valence-corrected chi connectivity index (χ0v) is 8.65. The Morgan fingerprint density at radius 1 is 1.14 bits per heavy atom. The van der Waals surface area contributed by atoms with Gasteiger partial charge in [0.15, 0.2) is 0 Å². The van der Waals surface area contributed by atoms with Crippen LogP contribution in [0.1, 0.15) is 26.5 Å². The molecule has 0 N–H and O–H groups in total. The number of hydrogen-bond acceptors (Lipinski definition) is 3. The highest BCUT2D eigenvalue weighted by Crippen LogP contribution is 2.25. The molecular weight excluding hydrogens is 174 g/mol. The molecule has 14 heavy (non-hydrogen) atoms. The lowest BCUT2D eigenvalue weighted by Gasteiger charge is -2.18. The predicted octanol–water partition coefficient (Wildman–Crippen LogP) is 2.32. The molecule has 2 aromatic heterocycles. The van der Waals surface area contributed by atoms with Crippen molar-refractivity contribution in [2.24, 2.45) is 0 Å². The van der Waals surface area contributed by atoms with Crippen LogP contribution in [0.3, 0.4) is 0 Å². The van der Waals surface area contributed by atoms with E-state index in [1.54, 1.807) is 12.5 Å². The minimum Gasteiger partial charge on any atom is -0.264 e. The zero-order valence-electron chi connectivity index (χ0n) is 8.65. The standard InChI is InChI=1S/C11H13N3/c1-11(2,3)10-8-6-12-5-4-9(8)13-7-14-10/h4-7H,1-3H3. The number of pyridine rings is 1. The van der Waals surface area contributed by atoms with Crippen LogP contribution in [-0.2, 0) is 5.41 Å². The molecule has 0 unspecified atom stereocenters. The van der Waals surface area contributed by atoms with E-state index in [2.05, 4.69) is 35.7 Å². The van der Waals surface area contributed by atoms with Crippen LogP contribution in [0.5, 0.6) is 0 Å². The molecule has 2 aromatic rings. The third-order valence-corrected chi connectivity index (χ3v) is 2.15. The fourth-order valence-electron chi connectivity index (χ4n) is 1.50. The molecule has 0 saturated heterocycles. The maximum Gasteiger partial charge on any atom is 0.116 e. The lowest BCUT2D eigenvalue weighted by Crippen LogP contribution is -2.14. The molecule has 2 heterocycles. The topological polar surface area (TPSA) is 38.7 Å². The van der Waals surface area contributed by atoms with E-state index >= 15 is 0 Å². The lowest BCUT2D eigenvalue weighted by molar-refractivity contribution is 0.574. The highest BCUT2D eigenvalue weighted by Gasteiger charge is 2.18. The Morgan fingerprint density at radius 2 is 1.93 bits per heavy atom. The summed E-state index contributed by atoms with van der Waals surface area (Å²) < 4.78 is 0. The van der Waals surface area contributed by atoms with Gasteiger partial charge in [-0.3, -0.25) is 4.98 Å². The van der Waals surface area contributed by atoms with Crippen molar-refractivity contribution in [3.8, 4) is 0 Å². The van der Waals surface area contributed by atoms with Gasteiger partial charge in [0.1, 0.15) is 6.33 Å².